The van der Waals surface area contributed by atoms with Crippen LogP contribution in [0.25, 0.3) is 0 Å². The van der Waals surface area contributed by atoms with Crippen molar-refractivity contribution in [1.29, 1.82) is 0 Å². The summed E-state index contributed by atoms with van der Waals surface area (Å²) in [4.78, 5) is 11.8. The third-order valence-corrected chi connectivity index (χ3v) is 2.40. The molecule has 2 rings (SSSR count). The highest BCUT2D eigenvalue weighted by atomic mass is 19.3. The Morgan fingerprint density at radius 2 is 2.05 bits per heavy atom. The number of alkyl halides is 4. The number of nitrogens with one attached hydrogen (secondary N) is 2. The smallest absolute Gasteiger partial charge is 0.426 e. The second-order valence-corrected chi connectivity index (χ2v) is 3.90. The van der Waals surface area contributed by atoms with Crippen molar-refractivity contribution in [3.05, 3.63) is 42.2 Å². The number of carbonyl (C=O) groups is 1. The van der Waals surface area contributed by atoms with Crippen LogP contribution >= 0.6 is 0 Å². The Labute approximate surface area is 115 Å². The number of ether oxygens (including phenoxy) is 1. The van der Waals surface area contributed by atoms with Crippen LogP contribution < -0.4 is 10.1 Å². The van der Waals surface area contributed by atoms with Crippen molar-refractivity contribution in [1.82, 2.24) is 10.2 Å². The van der Waals surface area contributed by atoms with Crippen LogP contribution in [0.4, 0.5) is 23.2 Å². The highest BCUT2D eigenvalue weighted by molar-refractivity contribution is 6.04. The van der Waals surface area contributed by atoms with E-state index < -0.39 is 24.2 Å². The monoisotopic (exact) mass is 303 g/mol. The maximum atomic E-state index is 12.9. The molecule has 0 radical (unpaired) electrons. The van der Waals surface area contributed by atoms with Crippen molar-refractivity contribution >= 4 is 11.6 Å². The van der Waals surface area contributed by atoms with Gasteiger partial charge in [0.2, 0.25) is 0 Å². The molecule has 21 heavy (non-hydrogen) atoms. The van der Waals surface area contributed by atoms with Gasteiger partial charge in [-0.05, 0) is 12.1 Å². The minimum atomic E-state index is -4.66. The number of anilines is 1. The molecule has 1 amide bonds. The molecule has 0 aliphatic rings. The van der Waals surface area contributed by atoms with Crippen LogP contribution in [-0.2, 0) is 0 Å². The average Bonchev–Trinajstić information content (AvgIpc) is 2.94. The Morgan fingerprint density at radius 3 is 2.67 bits per heavy atom. The largest absolute Gasteiger partial charge is 0.461 e. The SMILES string of the molecule is O=C(Nc1ccccc1OC(F)(F)C(F)F)c1cn[nH]c1. The first-order valence-electron chi connectivity index (χ1n) is 5.64. The van der Waals surface area contributed by atoms with Crippen LogP contribution in [0.1, 0.15) is 10.4 Å². The van der Waals surface area contributed by atoms with Crippen molar-refractivity contribution in [2.75, 3.05) is 5.32 Å². The Hall–Kier alpha value is -2.58. The molecule has 2 N–H and O–H groups in total. The van der Waals surface area contributed by atoms with Crippen LogP contribution in [-0.4, -0.2) is 28.6 Å². The topological polar surface area (TPSA) is 67.0 Å². The fourth-order valence-corrected chi connectivity index (χ4v) is 1.42. The Bertz CT molecular complexity index is 617. The van der Waals surface area contributed by atoms with E-state index >= 15 is 0 Å². The maximum Gasteiger partial charge on any atom is 0.461 e. The van der Waals surface area contributed by atoms with Gasteiger partial charge in [0.05, 0.1) is 17.4 Å². The zero-order valence-corrected chi connectivity index (χ0v) is 10.3. The fraction of sp³-hybridized carbons (Fsp3) is 0.167. The zero-order chi connectivity index (χ0) is 15.5. The molecule has 0 unspecified atom stereocenters. The Balaban J connectivity index is 2.19. The van der Waals surface area contributed by atoms with E-state index in [9.17, 15) is 22.4 Å². The summed E-state index contributed by atoms with van der Waals surface area (Å²) in [5.74, 6) is -1.22. The molecule has 5 nitrogen and oxygen atoms in total. The van der Waals surface area contributed by atoms with Gasteiger partial charge < -0.3 is 10.1 Å². The number of carbonyl (C=O) groups excluding carboxylic acids is 1. The van der Waals surface area contributed by atoms with E-state index in [0.29, 0.717) is 0 Å². The van der Waals surface area contributed by atoms with E-state index in [1.807, 2.05) is 0 Å². The molecular formula is C12H9F4N3O2. The maximum absolute atomic E-state index is 12.9. The molecule has 0 fully saturated rings. The van der Waals surface area contributed by atoms with Gasteiger partial charge in [0.15, 0.2) is 0 Å². The number of benzene rings is 1. The normalized spacial score (nSPS) is 11.5. The lowest BCUT2D eigenvalue weighted by Crippen LogP contribution is -2.33. The number of aromatic nitrogens is 2. The number of H-pyrrole nitrogens is 1. The number of amides is 1. The molecule has 9 heteroatoms. The van der Waals surface area contributed by atoms with Gasteiger partial charge in [0, 0.05) is 6.20 Å². The van der Waals surface area contributed by atoms with E-state index in [-0.39, 0.29) is 11.3 Å². The second-order valence-electron chi connectivity index (χ2n) is 3.90. The number of para-hydroxylation sites is 2. The van der Waals surface area contributed by atoms with Gasteiger partial charge in [-0.25, -0.2) is 0 Å². The summed E-state index contributed by atoms with van der Waals surface area (Å²) >= 11 is 0. The zero-order valence-electron chi connectivity index (χ0n) is 10.3. The predicted molar refractivity (Wildman–Crippen MR) is 64.6 cm³/mol. The minimum absolute atomic E-state index is 0.144. The van der Waals surface area contributed by atoms with Crippen LogP contribution in [0.5, 0.6) is 5.75 Å². The quantitative estimate of drug-likeness (QED) is 0.835. The van der Waals surface area contributed by atoms with Gasteiger partial charge in [-0.2, -0.15) is 22.7 Å². The lowest BCUT2D eigenvalue weighted by atomic mass is 10.2. The van der Waals surface area contributed by atoms with E-state index in [4.69, 9.17) is 0 Å². The molecule has 1 heterocycles. The van der Waals surface area contributed by atoms with E-state index in [0.717, 1.165) is 6.07 Å². The highest BCUT2D eigenvalue weighted by Crippen LogP contribution is 2.32. The Morgan fingerprint density at radius 1 is 1.33 bits per heavy atom. The standard InChI is InChI=1S/C12H9F4N3O2/c13-11(14)12(15,16)21-9-4-2-1-3-8(9)19-10(20)7-5-17-18-6-7/h1-6,11H,(H,17,18)(H,19,20). The van der Waals surface area contributed by atoms with Crippen LogP contribution in [0.2, 0.25) is 0 Å². The average molecular weight is 303 g/mol. The first-order chi connectivity index (χ1) is 9.90. The van der Waals surface area contributed by atoms with Gasteiger partial charge in [-0.15, -0.1) is 0 Å². The summed E-state index contributed by atoms with van der Waals surface area (Å²) < 4.78 is 54.1. The number of hydrogen-bond donors (Lipinski definition) is 2. The molecule has 0 bridgehead atoms. The van der Waals surface area contributed by atoms with Crippen LogP contribution in [0.15, 0.2) is 36.7 Å². The van der Waals surface area contributed by atoms with Crippen molar-refractivity contribution in [3.63, 3.8) is 0 Å². The van der Waals surface area contributed by atoms with E-state index in [1.54, 1.807) is 0 Å². The van der Waals surface area contributed by atoms with Crippen LogP contribution in [0, 0.1) is 0 Å². The van der Waals surface area contributed by atoms with Gasteiger partial charge >= 0.3 is 12.5 Å². The fourth-order valence-electron chi connectivity index (χ4n) is 1.42. The van der Waals surface area contributed by atoms with Crippen molar-refractivity contribution in [2.24, 2.45) is 0 Å². The lowest BCUT2D eigenvalue weighted by molar-refractivity contribution is -0.252. The Kier molecular flexibility index (Phi) is 4.10. The minimum Gasteiger partial charge on any atom is -0.426 e. The highest BCUT2D eigenvalue weighted by Gasteiger charge is 2.44. The molecule has 0 saturated heterocycles. The molecule has 112 valence electrons. The van der Waals surface area contributed by atoms with Crippen molar-refractivity contribution in [2.45, 2.75) is 12.5 Å². The molecule has 0 spiro atoms. The van der Waals surface area contributed by atoms with E-state index in [2.05, 4.69) is 20.3 Å². The number of nitrogens with zero attached hydrogens (tertiary/aromatic N) is 1. The van der Waals surface area contributed by atoms with Gasteiger partial charge in [-0.3, -0.25) is 9.89 Å². The summed E-state index contributed by atoms with van der Waals surface area (Å²) in [5.41, 5.74) is -0.0190. The molecule has 0 aliphatic carbocycles. The molecule has 1 aromatic carbocycles. The van der Waals surface area contributed by atoms with Crippen LogP contribution in [0.3, 0.4) is 0 Å². The van der Waals surface area contributed by atoms with E-state index in [1.165, 1.54) is 30.6 Å². The van der Waals surface area contributed by atoms with Crippen molar-refractivity contribution in [3.8, 4) is 5.75 Å². The molecule has 0 atom stereocenters. The molecular weight excluding hydrogens is 294 g/mol. The first-order valence-corrected chi connectivity index (χ1v) is 5.64. The van der Waals surface area contributed by atoms with Gasteiger partial charge in [-0.1, -0.05) is 12.1 Å². The first kappa shape index (κ1) is 14.8. The molecule has 0 aliphatic heterocycles. The summed E-state index contributed by atoms with van der Waals surface area (Å²) in [6.07, 6.45) is -6.15. The number of rotatable bonds is 5. The van der Waals surface area contributed by atoms with Gasteiger partial charge in [0.25, 0.3) is 5.91 Å². The predicted octanol–water partition coefficient (Wildman–Crippen LogP) is 2.90. The summed E-state index contributed by atoms with van der Waals surface area (Å²) in [6, 6.07) is 5.03. The third kappa shape index (κ3) is 3.50. The van der Waals surface area contributed by atoms with Crippen molar-refractivity contribution < 1.29 is 27.1 Å². The molecule has 1 aromatic heterocycles. The third-order valence-electron chi connectivity index (χ3n) is 2.40. The molecule has 0 saturated carbocycles. The molecule has 2 aromatic rings. The lowest BCUT2D eigenvalue weighted by Gasteiger charge is -2.19. The number of aromatic amines is 1. The summed E-state index contributed by atoms with van der Waals surface area (Å²) in [6.45, 7) is 0. The summed E-state index contributed by atoms with van der Waals surface area (Å²) in [7, 11) is 0. The second kappa shape index (κ2) is 5.81. The van der Waals surface area contributed by atoms with Gasteiger partial charge in [0.1, 0.15) is 5.75 Å². The summed E-state index contributed by atoms with van der Waals surface area (Å²) in [5, 5.41) is 8.23. The number of hydrogen-bond acceptors (Lipinski definition) is 3. The number of halogens is 4.